The normalized spacial score (nSPS) is 18.2. The number of fused-ring (bicyclic) bond motifs is 1. The van der Waals surface area contributed by atoms with E-state index in [4.69, 9.17) is 9.84 Å². The van der Waals surface area contributed by atoms with Gasteiger partial charge in [0.2, 0.25) is 0 Å². The minimum absolute atomic E-state index is 0.0514. The number of aliphatic carboxylic acids is 1. The zero-order valence-electron chi connectivity index (χ0n) is 13.0. The van der Waals surface area contributed by atoms with Gasteiger partial charge in [0.15, 0.2) is 5.78 Å². The van der Waals surface area contributed by atoms with Crippen molar-refractivity contribution >= 4 is 17.4 Å². The number of ether oxygens (including phenoxy) is 1. The molecular weight excluding hydrogens is 298 g/mol. The number of carbonyl (C=O) groups excluding carboxylic acids is 1. The smallest absolute Gasteiger partial charge is 0.323 e. The van der Waals surface area contributed by atoms with Gasteiger partial charge in [0.25, 0.3) is 0 Å². The zero-order valence-corrected chi connectivity index (χ0v) is 13.0. The molecule has 2 aliphatic heterocycles. The summed E-state index contributed by atoms with van der Waals surface area (Å²) in [4.78, 5) is 27.4. The maximum Gasteiger partial charge on any atom is 0.323 e. The van der Waals surface area contributed by atoms with Gasteiger partial charge in [-0.05, 0) is 18.2 Å². The Kier molecular flexibility index (Phi) is 4.78. The summed E-state index contributed by atoms with van der Waals surface area (Å²) in [7, 11) is 0. The third-order valence-corrected chi connectivity index (χ3v) is 4.14. The monoisotopic (exact) mass is 319 g/mol. The van der Waals surface area contributed by atoms with Gasteiger partial charge in [-0.2, -0.15) is 0 Å². The van der Waals surface area contributed by atoms with Gasteiger partial charge in [0.05, 0.1) is 18.8 Å². The molecule has 0 atom stereocenters. The number of nitrogens with zero attached hydrogens (tertiary/aromatic N) is 2. The average molecular weight is 319 g/mol. The second kappa shape index (κ2) is 6.97. The van der Waals surface area contributed by atoms with E-state index in [9.17, 15) is 9.59 Å². The van der Waals surface area contributed by atoms with Gasteiger partial charge in [-0.15, -0.1) is 0 Å². The molecule has 2 aliphatic rings. The molecule has 1 aromatic carbocycles. The van der Waals surface area contributed by atoms with Crippen molar-refractivity contribution in [3.05, 3.63) is 23.8 Å². The van der Waals surface area contributed by atoms with Crippen molar-refractivity contribution < 1.29 is 19.4 Å². The van der Waals surface area contributed by atoms with Crippen LogP contribution >= 0.6 is 0 Å². The van der Waals surface area contributed by atoms with Gasteiger partial charge >= 0.3 is 5.97 Å². The van der Waals surface area contributed by atoms with Crippen LogP contribution < -0.4 is 15.0 Å². The van der Waals surface area contributed by atoms with E-state index >= 15 is 0 Å². The first-order valence-corrected chi connectivity index (χ1v) is 7.83. The van der Waals surface area contributed by atoms with Crippen LogP contribution in [0.3, 0.4) is 0 Å². The zero-order chi connectivity index (χ0) is 16.2. The average Bonchev–Trinajstić information content (AvgIpc) is 2.55. The van der Waals surface area contributed by atoms with E-state index in [0.29, 0.717) is 36.7 Å². The van der Waals surface area contributed by atoms with Gasteiger partial charge in [0, 0.05) is 31.7 Å². The van der Waals surface area contributed by atoms with Gasteiger partial charge in [-0.1, -0.05) is 0 Å². The Balaban J connectivity index is 1.75. The Morgan fingerprint density at radius 1 is 1.17 bits per heavy atom. The fourth-order valence-electron chi connectivity index (χ4n) is 2.94. The molecule has 2 heterocycles. The highest BCUT2D eigenvalue weighted by Crippen LogP contribution is 2.32. The largest absolute Gasteiger partial charge is 0.490 e. The Labute approximate surface area is 134 Å². The lowest BCUT2D eigenvalue weighted by atomic mass is 10.1. The fraction of sp³-hybridized carbons (Fsp3) is 0.500. The van der Waals surface area contributed by atoms with Crippen molar-refractivity contribution in [1.29, 1.82) is 0 Å². The minimum Gasteiger partial charge on any atom is -0.490 e. The molecule has 0 saturated carbocycles. The highest BCUT2D eigenvalue weighted by atomic mass is 16.5. The molecule has 3 rings (SSSR count). The van der Waals surface area contributed by atoms with E-state index in [1.54, 1.807) is 23.1 Å². The van der Waals surface area contributed by atoms with Gasteiger partial charge in [0.1, 0.15) is 18.9 Å². The number of carbonyl (C=O) groups is 2. The molecule has 0 bridgehead atoms. The molecule has 1 saturated heterocycles. The van der Waals surface area contributed by atoms with Crippen LogP contribution in [0.5, 0.6) is 5.75 Å². The van der Waals surface area contributed by atoms with Crippen LogP contribution in [-0.2, 0) is 4.79 Å². The van der Waals surface area contributed by atoms with Crippen molar-refractivity contribution in [2.24, 2.45) is 0 Å². The number of hydrogen-bond donors (Lipinski definition) is 2. The number of benzene rings is 1. The van der Waals surface area contributed by atoms with Crippen molar-refractivity contribution in [3.63, 3.8) is 0 Å². The van der Waals surface area contributed by atoms with Crippen molar-refractivity contribution in [1.82, 2.24) is 10.2 Å². The summed E-state index contributed by atoms with van der Waals surface area (Å²) in [6.45, 7) is 4.79. The molecular formula is C16H21N3O4. The molecule has 7 nitrogen and oxygen atoms in total. The number of rotatable bonds is 5. The standard InChI is InChI=1S/C16H21N3O4/c20-14(10-18-5-3-17-4-6-18)12-1-2-15-13(9-12)19(7-8-23-15)11-16(21)22/h1-2,9,17H,3-8,10-11H2,(H,21,22). The van der Waals surface area contributed by atoms with Crippen LogP contribution in [0.25, 0.3) is 0 Å². The van der Waals surface area contributed by atoms with E-state index in [1.165, 1.54) is 0 Å². The number of carboxylic acid groups (broad SMARTS) is 1. The first-order chi connectivity index (χ1) is 11.1. The second-order valence-electron chi connectivity index (χ2n) is 5.80. The lowest BCUT2D eigenvalue weighted by Gasteiger charge is -2.30. The molecule has 2 N–H and O–H groups in total. The molecule has 0 unspecified atom stereocenters. The molecule has 23 heavy (non-hydrogen) atoms. The van der Waals surface area contributed by atoms with E-state index in [1.807, 2.05) is 0 Å². The van der Waals surface area contributed by atoms with Crippen LogP contribution in [0.4, 0.5) is 5.69 Å². The third-order valence-electron chi connectivity index (χ3n) is 4.14. The molecule has 1 aromatic rings. The molecule has 124 valence electrons. The topological polar surface area (TPSA) is 82.1 Å². The van der Waals surface area contributed by atoms with Crippen LogP contribution in [0.15, 0.2) is 18.2 Å². The molecule has 0 aromatic heterocycles. The summed E-state index contributed by atoms with van der Waals surface area (Å²) in [6, 6.07) is 5.27. The van der Waals surface area contributed by atoms with E-state index in [-0.39, 0.29) is 12.3 Å². The third kappa shape index (κ3) is 3.80. The fourth-order valence-corrected chi connectivity index (χ4v) is 2.94. The minimum atomic E-state index is -0.893. The lowest BCUT2D eigenvalue weighted by Crippen LogP contribution is -2.45. The first-order valence-electron chi connectivity index (χ1n) is 7.83. The summed E-state index contributed by atoms with van der Waals surface area (Å²) >= 11 is 0. The van der Waals surface area contributed by atoms with Crippen LogP contribution in [-0.4, -0.2) is 74.2 Å². The predicted octanol–water partition coefficient (Wildman–Crippen LogP) is 0.0579. The van der Waals surface area contributed by atoms with Crippen molar-refractivity contribution in [2.45, 2.75) is 0 Å². The highest BCUT2D eigenvalue weighted by molar-refractivity contribution is 5.99. The van der Waals surface area contributed by atoms with E-state index in [0.717, 1.165) is 26.2 Å². The number of Topliss-reactive ketones (excluding diaryl/α,β-unsaturated/α-hetero) is 1. The molecule has 7 heteroatoms. The van der Waals surface area contributed by atoms with E-state index in [2.05, 4.69) is 10.2 Å². The Bertz CT molecular complexity index is 599. The van der Waals surface area contributed by atoms with Crippen LogP contribution in [0, 0.1) is 0 Å². The second-order valence-corrected chi connectivity index (χ2v) is 5.80. The Morgan fingerprint density at radius 2 is 1.96 bits per heavy atom. The highest BCUT2D eigenvalue weighted by Gasteiger charge is 2.22. The van der Waals surface area contributed by atoms with Crippen LogP contribution in [0.2, 0.25) is 0 Å². The molecule has 0 amide bonds. The van der Waals surface area contributed by atoms with Gasteiger partial charge in [-0.25, -0.2) is 0 Å². The molecule has 0 radical (unpaired) electrons. The Morgan fingerprint density at radius 3 is 2.70 bits per heavy atom. The number of piperazine rings is 1. The number of carboxylic acids is 1. The summed E-state index contributed by atoms with van der Waals surface area (Å²) in [5.74, 6) is -0.206. The molecule has 1 fully saturated rings. The number of anilines is 1. The predicted molar refractivity (Wildman–Crippen MR) is 85.4 cm³/mol. The quantitative estimate of drug-likeness (QED) is 0.743. The number of hydrogen-bond acceptors (Lipinski definition) is 6. The van der Waals surface area contributed by atoms with Gasteiger partial charge < -0.3 is 20.1 Å². The summed E-state index contributed by atoms with van der Waals surface area (Å²) in [6.07, 6.45) is 0. The number of ketones is 1. The van der Waals surface area contributed by atoms with Crippen molar-refractivity contribution in [2.75, 3.05) is 57.3 Å². The first kappa shape index (κ1) is 15.8. The molecule has 0 spiro atoms. The lowest BCUT2D eigenvalue weighted by molar-refractivity contribution is -0.135. The van der Waals surface area contributed by atoms with Crippen molar-refractivity contribution in [3.8, 4) is 5.75 Å². The maximum atomic E-state index is 12.5. The van der Waals surface area contributed by atoms with E-state index < -0.39 is 5.97 Å². The summed E-state index contributed by atoms with van der Waals surface area (Å²) in [5.41, 5.74) is 1.29. The maximum absolute atomic E-state index is 12.5. The summed E-state index contributed by atoms with van der Waals surface area (Å²) in [5, 5.41) is 12.3. The van der Waals surface area contributed by atoms with Gasteiger partial charge in [-0.3, -0.25) is 14.5 Å². The Hall–Kier alpha value is -2.12. The summed E-state index contributed by atoms with van der Waals surface area (Å²) < 4.78 is 5.56. The SMILES string of the molecule is O=C(O)CN1CCOc2ccc(C(=O)CN3CCNCC3)cc21. The molecule has 0 aliphatic carbocycles. The van der Waals surface area contributed by atoms with Crippen LogP contribution in [0.1, 0.15) is 10.4 Å². The number of nitrogens with one attached hydrogen (secondary N) is 1.